The number of rotatable bonds is 12. The zero-order valence-corrected chi connectivity index (χ0v) is 50.6. The molecule has 4 unspecified atom stereocenters. The first-order valence-electron chi connectivity index (χ1n) is 29.9. The van der Waals surface area contributed by atoms with Gasteiger partial charge in [-0.15, -0.1) is 0 Å². The molecule has 6 fully saturated rings. The third-order valence-corrected chi connectivity index (χ3v) is 21.6. The van der Waals surface area contributed by atoms with E-state index in [2.05, 4.69) is 19.2 Å². The summed E-state index contributed by atoms with van der Waals surface area (Å²) in [5.41, 5.74) is -6.33. The van der Waals surface area contributed by atoms with Crippen LogP contribution in [0.5, 0.6) is 0 Å². The third-order valence-electron chi connectivity index (χ3n) is 21.6. The molecule has 7 aliphatic rings. The summed E-state index contributed by atoms with van der Waals surface area (Å²) in [6, 6.07) is -1.06. The highest BCUT2D eigenvalue weighted by Gasteiger charge is 2.68. The van der Waals surface area contributed by atoms with Gasteiger partial charge in [-0.05, 0) is 150 Å². The Morgan fingerprint density at radius 3 is 2.25 bits per heavy atom. The molecule has 0 radical (unpaired) electrons. The quantitative estimate of drug-likeness (QED) is 0.0997. The molecule has 0 spiro atoms. The molecule has 18 nitrogen and oxygen atoms in total. The Morgan fingerprint density at radius 1 is 0.924 bits per heavy atom. The fourth-order valence-electron chi connectivity index (χ4n) is 16.4. The zero-order chi connectivity index (χ0) is 58.7. The van der Waals surface area contributed by atoms with Crippen molar-refractivity contribution in [3.8, 4) is 0 Å². The molecule has 3 saturated heterocycles. The van der Waals surface area contributed by atoms with Gasteiger partial charge in [-0.3, -0.25) is 19.3 Å². The van der Waals surface area contributed by atoms with E-state index in [1.165, 1.54) is 6.92 Å². The molecule has 79 heavy (non-hydrogen) atoms. The second-order valence-corrected chi connectivity index (χ2v) is 27.3. The number of methoxy groups -OCH3 is 1. The molecule has 3 aliphatic heterocycles. The maximum atomic E-state index is 14.8. The molecule has 25 atom stereocenters. The average molecular weight is 1120 g/mol. The Balaban J connectivity index is 1.15. The summed E-state index contributed by atoms with van der Waals surface area (Å²) in [7, 11) is 5.43. The number of allylic oxidation sites excluding steroid dienone is 4. The van der Waals surface area contributed by atoms with Crippen LogP contribution in [0.1, 0.15) is 154 Å². The van der Waals surface area contributed by atoms with Crippen LogP contribution in [0.3, 0.4) is 0 Å². The number of cyclic esters (lactones) is 1. The standard InChI is InChI=1S/C61H103N3O15/c1-17-46-60(13,72)51(68)38(7)64(26-18-25-62-55(70)61(73)24-22-43-42-20-19-40-28-41(65)21-23-56(40,9)48(42)45(66)30-57(43,61)10)32-33(2)29-58(11,71)52(79-54-49(67)44(63(14)15)27-34(3)75-54)35(4)50(36(5)53(69)77-46)78-47-31-59(12,74-16)37(6)39(8)76-47/h21,23,28,33-39,42-52,54,66-68,71-73H,17-20,22,24-27,29-32H2,1-16H3,(H,62,70)/t33-,34-,35+,36-,37-,38-,39?,42?,43?,44-,45+,46-,47-,48?,49-,50+,51-,52-,54+,56+,57+,58-,59+,60-,61+/m1/s1. The number of esters is 1. The lowest BCUT2D eigenvalue weighted by atomic mass is 9.46. The molecule has 1 amide bonds. The molecule has 0 bridgehead atoms. The van der Waals surface area contributed by atoms with E-state index < -0.39 is 112 Å². The topological polar surface area (TPSA) is 246 Å². The highest BCUT2D eigenvalue weighted by atomic mass is 16.7. The van der Waals surface area contributed by atoms with Crippen molar-refractivity contribution in [2.24, 2.45) is 52.3 Å². The van der Waals surface area contributed by atoms with Gasteiger partial charge in [0.1, 0.15) is 29.5 Å². The highest BCUT2D eigenvalue weighted by Crippen LogP contribution is 2.67. The summed E-state index contributed by atoms with van der Waals surface area (Å²) in [4.78, 5) is 45.5. The van der Waals surface area contributed by atoms with Gasteiger partial charge in [-0.2, -0.15) is 0 Å². The number of nitrogens with one attached hydrogen (secondary N) is 1. The Kier molecular flexibility index (Phi) is 19.7. The van der Waals surface area contributed by atoms with Crippen molar-refractivity contribution in [1.82, 2.24) is 15.1 Å². The van der Waals surface area contributed by atoms with E-state index in [0.717, 1.165) is 18.4 Å². The van der Waals surface area contributed by atoms with Crippen LogP contribution in [0.2, 0.25) is 0 Å². The molecule has 7 rings (SSSR count). The number of ketones is 1. The van der Waals surface area contributed by atoms with Crippen molar-refractivity contribution in [2.75, 3.05) is 40.8 Å². The smallest absolute Gasteiger partial charge is 0.311 e. The molecule has 0 aromatic heterocycles. The van der Waals surface area contributed by atoms with Crippen molar-refractivity contribution in [2.45, 2.75) is 250 Å². The van der Waals surface area contributed by atoms with E-state index in [-0.39, 0.29) is 85.9 Å². The summed E-state index contributed by atoms with van der Waals surface area (Å²) in [6.07, 6.45) is 0.166. The van der Waals surface area contributed by atoms with Crippen LogP contribution in [0, 0.1) is 52.3 Å². The minimum absolute atomic E-state index is 0.0000676. The van der Waals surface area contributed by atoms with Gasteiger partial charge in [-0.1, -0.05) is 53.2 Å². The first-order chi connectivity index (χ1) is 36.7. The minimum Gasteiger partial charge on any atom is -0.459 e. The second kappa shape index (κ2) is 24.3. The second-order valence-electron chi connectivity index (χ2n) is 27.3. The molecule has 4 aliphatic carbocycles. The Hall–Kier alpha value is -2.43. The average Bonchev–Trinajstić information content (AvgIpc) is 3.96. The number of carbonyl (C=O) groups is 3. The monoisotopic (exact) mass is 1120 g/mol. The van der Waals surface area contributed by atoms with Gasteiger partial charge in [0.15, 0.2) is 18.4 Å². The number of amides is 1. The van der Waals surface area contributed by atoms with Crippen LogP contribution in [0.15, 0.2) is 23.8 Å². The van der Waals surface area contributed by atoms with E-state index in [9.17, 15) is 45.0 Å². The van der Waals surface area contributed by atoms with Gasteiger partial charge in [0, 0.05) is 73.8 Å². The van der Waals surface area contributed by atoms with Crippen molar-refractivity contribution in [3.05, 3.63) is 23.8 Å². The zero-order valence-electron chi connectivity index (χ0n) is 50.6. The van der Waals surface area contributed by atoms with Crippen molar-refractivity contribution < 1.29 is 73.4 Å². The number of fused-ring (bicyclic) bond motifs is 5. The Bertz CT molecular complexity index is 2210. The number of nitrogens with zero attached hydrogens (tertiary/aromatic N) is 2. The van der Waals surface area contributed by atoms with Crippen LogP contribution in [-0.2, 0) is 42.8 Å². The fraction of sp³-hybridized carbons (Fsp3) is 0.885. The Morgan fingerprint density at radius 2 is 1.61 bits per heavy atom. The van der Waals surface area contributed by atoms with Crippen LogP contribution >= 0.6 is 0 Å². The number of hydrogen-bond donors (Lipinski definition) is 7. The van der Waals surface area contributed by atoms with Gasteiger partial charge < -0.3 is 69.3 Å². The predicted molar refractivity (Wildman–Crippen MR) is 297 cm³/mol. The van der Waals surface area contributed by atoms with E-state index >= 15 is 0 Å². The molecular weight excluding hydrogens is 1010 g/mol. The molecule has 7 N–H and O–H groups in total. The molecule has 0 aromatic carbocycles. The lowest BCUT2D eigenvalue weighted by molar-refractivity contribution is -0.313. The third kappa shape index (κ3) is 12.3. The van der Waals surface area contributed by atoms with Gasteiger partial charge >= 0.3 is 5.97 Å². The predicted octanol–water partition coefficient (Wildman–Crippen LogP) is 5.06. The summed E-state index contributed by atoms with van der Waals surface area (Å²) in [5, 5.41) is 77.2. The van der Waals surface area contributed by atoms with E-state index in [4.69, 9.17) is 28.4 Å². The maximum absolute atomic E-state index is 14.8. The van der Waals surface area contributed by atoms with E-state index in [1.807, 2.05) is 71.5 Å². The number of ether oxygens (including phenoxy) is 6. The lowest BCUT2D eigenvalue weighted by Gasteiger charge is -2.59. The van der Waals surface area contributed by atoms with Crippen LogP contribution in [0.4, 0.5) is 0 Å². The summed E-state index contributed by atoms with van der Waals surface area (Å²) in [6.45, 7) is 25.0. The molecule has 18 heteroatoms. The van der Waals surface area contributed by atoms with E-state index in [1.54, 1.807) is 47.0 Å². The Labute approximate surface area is 471 Å². The largest absolute Gasteiger partial charge is 0.459 e. The van der Waals surface area contributed by atoms with Crippen molar-refractivity contribution in [3.63, 3.8) is 0 Å². The van der Waals surface area contributed by atoms with Crippen LogP contribution < -0.4 is 5.32 Å². The molecule has 3 heterocycles. The van der Waals surface area contributed by atoms with Crippen molar-refractivity contribution >= 4 is 17.7 Å². The number of carbonyl (C=O) groups excluding carboxylic acids is 3. The van der Waals surface area contributed by atoms with Gasteiger partial charge in [0.2, 0.25) is 0 Å². The SMILES string of the molecule is CC[C@H]1OC(=O)[C@H](C)[C@@H](O[C@@H]2C[C@](C)(OC)[C@H](C)C(C)O2)[C@H](C)[C@@H](O[C@@H]2O[C@H](C)C[C@@H](N(C)C)[C@H]2O)[C@](C)(O)C[C@@H](C)CN(CCCNC(=O)[C@@]2(O)CCC3C4CCC5=CC(=O)C=C[C@]5(C)C4[C@@H](O)C[C@@]32C)[C@H](C)[C@@H](O)[C@]1(C)O. The number of hydrogen-bond acceptors (Lipinski definition) is 17. The molecule has 0 aromatic rings. The van der Waals surface area contributed by atoms with E-state index in [0.29, 0.717) is 38.8 Å². The number of aliphatic hydroxyl groups excluding tert-OH is 3. The highest BCUT2D eigenvalue weighted by molar-refractivity contribution is 6.01. The van der Waals surface area contributed by atoms with Crippen LogP contribution in [0.25, 0.3) is 0 Å². The maximum Gasteiger partial charge on any atom is 0.311 e. The first-order valence-corrected chi connectivity index (χ1v) is 29.9. The summed E-state index contributed by atoms with van der Waals surface area (Å²) in [5.74, 6) is -3.46. The minimum atomic E-state index is -1.95. The molecule has 452 valence electrons. The molecular formula is C61H103N3O15. The number of likely N-dealkylation sites (N-methyl/N-ethyl adjacent to an activating group) is 1. The normalized spacial score (nSPS) is 49.4. The fourth-order valence-corrected chi connectivity index (χ4v) is 16.4. The summed E-state index contributed by atoms with van der Waals surface area (Å²) >= 11 is 0. The number of aliphatic hydroxyl groups is 6. The van der Waals surface area contributed by atoms with Gasteiger partial charge in [0.05, 0.1) is 47.6 Å². The summed E-state index contributed by atoms with van der Waals surface area (Å²) < 4.78 is 39.0. The first kappa shape index (κ1) is 64.1. The van der Waals surface area contributed by atoms with Crippen molar-refractivity contribution in [1.29, 1.82) is 0 Å². The van der Waals surface area contributed by atoms with Gasteiger partial charge in [0.25, 0.3) is 5.91 Å². The molecule has 3 saturated carbocycles. The lowest BCUT2D eigenvalue weighted by Crippen LogP contribution is -2.63. The van der Waals surface area contributed by atoms with Crippen LogP contribution in [-0.4, -0.2) is 195 Å². The van der Waals surface area contributed by atoms with Gasteiger partial charge in [-0.25, -0.2) is 0 Å².